The van der Waals surface area contributed by atoms with Crippen LogP contribution in [0.25, 0.3) is 0 Å². The van der Waals surface area contributed by atoms with E-state index in [2.05, 4.69) is 9.80 Å². The summed E-state index contributed by atoms with van der Waals surface area (Å²) >= 11 is 0. The van der Waals surface area contributed by atoms with Crippen LogP contribution in [0.3, 0.4) is 0 Å². The molecule has 1 unspecified atom stereocenters. The van der Waals surface area contributed by atoms with Gasteiger partial charge in [0.1, 0.15) is 0 Å². The Bertz CT molecular complexity index is 262. The van der Waals surface area contributed by atoms with Crippen molar-refractivity contribution < 1.29 is 4.79 Å². The maximum Gasteiger partial charge on any atom is 0.320 e. The normalized spacial score (nSPS) is 26.6. The third-order valence-corrected chi connectivity index (χ3v) is 4.27. The van der Waals surface area contributed by atoms with E-state index in [0.717, 1.165) is 45.3 Å². The quantitative estimate of drug-likeness (QED) is 0.778. The molecule has 1 atom stereocenters. The summed E-state index contributed by atoms with van der Waals surface area (Å²) in [5.74, 6) is 0. The predicted octanol–water partition coefficient (Wildman–Crippen LogP) is 2.19. The fourth-order valence-electron chi connectivity index (χ4n) is 3.12. The predicted molar refractivity (Wildman–Crippen MR) is 73.5 cm³/mol. The first-order valence-electron chi connectivity index (χ1n) is 7.58. The van der Waals surface area contributed by atoms with Crippen LogP contribution in [0.2, 0.25) is 0 Å². The standard InChI is InChI=1S/C14H27N3O/c15-12-13-8-4-3-7-11-17(13)14(18)16-9-5-1-2-6-10-16/h13H,1-12,15H2. The summed E-state index contributed by atoms with van der Waals surface area (Å²) in [6, 6.07) is 0.512. The van der Waals surface area contributed by atoms with Crippen LogP contribution in [-0.4, -0.2) is 48.1 Å². The van der Waals surface area contributed by atoms with Crippen LogP contribution in [0, 0.1) is 0 Å². The zero-order chi connectivity index (χ0) is 12.8. The average molecular weight is 253 g/mol. The number of carbonyl (C=O) groups excluding carboxylic acids is 1. The third kappa shape index (κ3) is 3.37. The number of rotatable bonds is 1. The summed E-state index contributed by atoms with van der Waals surface area (Å²) in [7, 11) is 0. The summed E-state index contributed by atoms with van der Waals surface area (Å²) in [5.41, 5.74) is 5.85. The van der Waals surface area contributed by atoms with Crippen molar-refractivity contribution in [3.63, 3.8) is 0 Å². The maximum absolute atomic E-state index is 12.6. The second-order valence-corrected chi connectivity index (χ2v) is 5.62. The number of carbonyl (C=O) groups is 1. The van der Waals surface area contributed by atoms with Crippen LogP contribution in [0.5, 0.6) is 0 Å². The molecule has 2 fully saturated rings. The van der Waals surface area contributed by atoms with Gasteiger partial charge < -0.3 is 15.5 Å². The summed E-state index contributed by atoms with van der Waals surface area (Å²) in [5, 5.41) is 0. The molecule has 0 spiro atoms. The van der Waals surface area contributed by atoms with Crippen LogP contribution >= 0.6 is 0 Å². The van der Waals surface area contributed by atoms with Gasteiger partial charge in [0.2, 0.25) is 0 Å². The van der Waals surface area contributed by atoms with E-state index >= 15 is 0 Å². The molecule has 0 aromatic carbocycles. The van der Waals surface area contributed by atoms with Crippen molar-refractivity contribution in [3.8, 4) is 0 Å². The smallest absolute Gasteiger partial charge is 0.320 e. The van der Waals surface area contributed by atoms with Gasteiger partial charge in [-0.05, 0) is 25.7 Å². The Hall–Kier alpha value is -0.770. The molecule has 18 heavy (non-hydrogen) atoms. The van der Waals surface area contributed by atoms with Crippen LogP contribution in [-0.2, 0) is 0 Å². The highest BCUT2D eigenvalue weighted by Gasteiger charge is 2.28. The van der Waals surface area contributed by atoms with Gasteiger partial charge in [-0.25, -0.2) is 4.79 Å². The van der Waals surface area contributed by atoms with E-state index in [1.807, 2.05) is 0 Å². The van der Waals surface area contributed by atoms with Gasteiger partial charge in [0, 0.05) is 32.2 Å². The molecule has 2 N–H and O–H groups in total. The minimum absolute atomic E-state index is 0.245. The number of urea groups is 1. The van der Waals surface area contributed by atoms with Gasteiger partial charge in [-0.1, -0.05) is 25.7 Å². The van der Waals surface area contributed by atoms with E-state index in [-0.39, 0.29) is 12.1 Å². The Balaban J connectivity index is 1.99. The second kappa shape index (κ2) is 6.98. The zero-order valence-corrected chi connectivity index (χ0v) is 11.4. The molecule has 2 saturated heterocycles. The van der Waals surface area contributed by atoms with Gasteiger partial charge >= 0.3 is 6.03 Å². The maximum atomic E-state index is 12.6. The minimum atomic E-state index is 0.245. The highest BCUT2D eigenvalue weighted by Crippen LogP contribution is 2.19. The molecule has 4 heteroatoms. The summed E-state index contributed by atoms with van der Waals surface area (Å²) in [6.07, 6.45) is 9.52. The molecule has 0 aliphatic carbocycles. The van der Waals surface area contributed by atoms with Gasteiger partial charge in [-0.2, -0.15) is 0 Å². The lowest BCUT2D eigenvalue weighted by molar-refractivity contribution is 0.136. The van der Waals surface area contributed by atoms with Crippen molar-refractivity contribution in [1.29, 1.82) is 0 Å². The molecule has 0 radical (unpaired) electrons. The number of nitrogens with two attached hydrogens (primary N) is 1. The van der Waals surface area contributed by atoms with Crippen molar-refractivity contribution in [3.05, 3.63) is 0 Å². The monoisotopic (exact) mass is 253 g/mol. The van der Waals surface area contributed by atoms with Crippen LogP contribution in [0.4, 0.5) is 4.79 Å². The molecule has 2 heterocycles. The largest absolute Gasteiger partial charge is 0.328 e. The molecule has 0 bridgehead atoms. The Labute approximate surface area is 110 Å². The van der Waals surface area contributed by atoms with Gasteiger partial charge in [0.15, 0.2) is 0 Å². The molecule has 104 valence electrons. The fraction of sp³-hybridized carbons (Fsp3) is 0.929. The molecular weight excluding hydrogens is 226 g/mol. The lowest BCUT2D eigenvalue weighted by atomic mass is 10.1. The van der Waals surface area contributed by atoms with E-state index in [9.17, 15) is 4.79 Å². The van der Waals surface area contributed by atoms with Crippen molar-refractivity contribution >= 4 is 6.03 Å². The van der Waals surface area contributed by atoms with E-state index in [1.165, 1.54) is 25.7 Å². The molecular formula is C14H27N3O. The Kier molecular flexibility index (Phi) is 5.29. The third-order valence-electron chi connectivity index (χ3n) is 4.27. The first kappa shape index (κ1) is 13.7. The first-order chi connectivity index (χ1) is 8.83. The number of amides is 2. The van der Waals surface area contributed by atoms with Crippen molar-refractivity contribution in [2.24, 2.45) is 5.73 Å². The highest BCUT2D eigenvalue weighted by atomic mass is 16.2. The lowest BCUT2D eigenvalue weighted by Crippen LogP contribution is -2.50. The van der Waals surface area contributed by atoms with Crippen molar-refractivity contribution in [1.82, 2.24) is 9.80 Å². The highest BCUT2D eigenvalue weighted by molar-refractivity contribution is 5.75. The van der Waals surface area contributed by atoms with Gasteiger partial charge in [-0.3, -0.25) is 0 Å². The Morgan fingerprint density at radius 2 is 1.56 bits per heavy atom. The minimum Gasteiger partial charge on any atom is -0.328 e. The van der Waals surface area contributed by atoms with Gasteiger partial charge in [-0.15, -0.1) is 0 Å². The molecule has 2 aliphatic heterocycles. The molecule has 0 saturated carbocycles. The van der Waals surface area contributed by atoms with E-state index < -0.39 is 0 Å². The van der Waals surface area contributed by atoms with Gasteiger partial charge in [0.25, 0.3) is 0 Å². The van der Waals surface area contributed by atoms with Gasteiger partial charge in [0.05, 0.1) is 0 Å². The Morgan fingerprint density at radius 3 is 2.22 bits per heavy atom. The van der Waals surface area contributed by atoms with Crippen molar-refractivity contribution in [2.75, 3.05) is 26.2 Å². The summed E-state index contributed by atoms with van der Waals surface area (Å²) in [4.78, 5) is 16.7. The molecule has 0 aromatic heterocycles. The number of hydrogen-bond donors (Lipinski definition) is 1. The Morgan fingerprint density at radius 1 is 0.944 bits per heavy atom. The zero-order valence-electron chi connectivity index (χ0n) is 11.4. The molecule has 2 rings (SSSR count). The van der Waals surface area contributed by atoms with Crippen LogP contribution in [0.1, 0.15) is 51.4 Å². The number of nitrogens with zero attached hydrogens (tertiary/aromatic N) is 2. The van der Waals surface area contributed by atoms with E-state index in [1.54, 1.807) is 0 Å². The molecule has 0 aromatic rings. The lowest BCUT2D eigenvalue weighted by Gasteiger charge is -2.34. The first-order valence-corrected chi connectivity index (χ1v) is 7.58. The summed E-state index contributed by atoms with van der Waals surface area (Å²) < 4.78 is 0. The second-order valence-electron chi connectivity index (χ2n) is 5.62. The van der Waals surface area contributed by atoms with E-state index in [0.29, 0.717) is 6.54 Å². The number of likely N-dealkylation sites (tertiary alicyclic amines) is 2. The molecule has 4 nitrogen and oxygen atoms in total. The van der Waals surface area contributed by atoms with Crippen LogP contribution < -0.4 is 5.73 Å². The SMILES string of the molecule is NCC1CCCCCN1C(=O)N1CCCCCC1. The average Bonchev–Trinajstić information content (AvgIpc) is 2.80. The number of hydrogen-bond acceptors (Lipinski definition) is 2. The molecule has 2 amide bonds. The van der Waals surface area contributed by atoms with Crippen molar-refractivity contribution in [2.45, 2.75) is 57.4 Å². The molecule has 2 aliphatic rings. The van der Waals surface area contributed by atoms with E-state index in [4.69, 9.17) is 5.73 Å². The topological polar surface area (TPSA) is 49.6 Å². The summed E-state index contributed by atoms with van der Waals surface area (Å²) in [6.45, 7) is 3.38. The van der Waals surface area contributed by atoms with Crippen LogP contribution in [0.15, 0.2) is 0 Å². The fourth-order valence-corrected chi connectivity index (χ4v) is 3.12.